The zero-order chi connectivity index (χ0) is 15.1. The minimum absolute atomic E-state index is 0.449. The number of rotatable bonds is 8. The Hall–Kier alpha value is -1.78. The second-order valence-electron chi connectivity index (χ2n) is 5.24. The Morgan fingerprint density at radius 3 is 2.38 bits per heavy atom. The Morgan fingerprint density at radius 2 is 1.71 bits per heavy atom. The Balaban J connectivity index is 1.75. The summed E-state index contributed by atoms with van der Waals surface area (Å²) in [4.78, 5) is 0. The molecule has 4 heteroatoms. The third-order valence-electron chi connectivity index (χ3n) is 3.07. The maximum Gasteiger partial charge on any atom is 0.129 e. The summed E-state index contributed by atoms with van der Waals surface area (Å²) in [7, 11) is 1.66. The largest absolute Gasteiger partial charge is 0.497 e. The van der Waals surface area contributed by atoms with E-state index in [2.05, 4.69) is 19.2 Å². The van der Waals surface area contributed by atoms with E-state index in [0.717, 1.165) is 29.4 Å². The Bertz CT molecular complexity index is 531. The molecule has 0 atom stereocenters. The van der Waals surface area contributed by atoms with Gasteiger partial charge in [0, 0.05) is 6.04 Å². The van der Waals surface area contributed by atoms with Crippen molar-refractivity contribution in [2.45, 2.75) is 39.6 Å². The van der Waals surface area contributed by atoms with Crippen molar-refractivity contribution in [1.29, 1.82) is 0 Å². The zero-order valence-electron chi connectivity index (χ0n) is 12.9. The third-order valence-corrected chi connectivity index (χ3v) is 3.07. The molecule has 1 aromatic heterocycles. The molecule has 0 spiro atoms. The van der Waals surface area contributed by atoms with Crippen molar-refractivity contribution >= 4 is 0 Å². The fourth-order valence-corrected chi connectivity index (χ4v) is 1.89. The molecule has 1 aromatic carbocycles. The highest BCUT2D eigenvalue weighted by molar-refractivity contribution is 5.26. The van der Waals surface area contributed by atoms with Gasteiger partial charge in [-0.15, -0.1) is 0 Å². The molecular formula is C17H23NO3. The highest BCUT2D eigenvalue weighted by atomic mass is 16.5. The van der Waals surface area contributed by atoms with E-state index >= 15 is 0 Å². The molecule has 0 aliphatic heterocycles. The second-order valence-corrected chi connectivity index (χ2v) is 5.24. The van der Waals surface area contributed by atoms with E-state index in [4.69, 9.17) is 13.9 Å². The van der Waals surface area contributed by atoms with Crippen molar-refractivity contribution in [3.63, 3.8) is 0 Å². The van der Waals surface area contributed by atoms with Crippen LogP contribution in [-0.2, 0) is 24.5 Å². The molecule has 0 unspecified atom stereocenters. The van der Waals surface area contributed by atoms with Gasteiger partial charge in [-0.2, -0.15) is 0 Å². The summed E-state index contributed by atoms with van der Waals surface area (Å²) in [5, 5.41) is 3.32. The molecule has 0 amide bonds. The monoisotopic (exact) mass is 289 g/mol. The van der Waals surface area contributed by atoms with Crippen LogP contribution in [0.3, 0.4) is 0 Å². The summed E-state index contributed by atoms with van der Waals surface area (Å²) >= 11 is 0. The Morgan fingerprint density at radius 1 is 1.00 bits per heavy atom. The Kier molecular flexibility index (Phi) is 5.84. The number of nitrogens with one attached hydrogen (secondary N) is 1. The Labute approximate surface area is 126 Å². The van der Waals surface area contributed by atoms with Gasteiger partial charge in [-0.25, -0.2) is 0 Å². The average Bonchev–Trinajstić information content (AvgIpc) is 2.94. The molecule has 4 nitrogen and oxygen atoms in total. The van der Waals surface area contributed by atoms with Crippen molar-refractivity contribution in [2.24, 2.45) is 0 Å². The first kappa shape index (κ1) is 15.6. The summed E-state index contributed by atoms with van der Waals surface area (Å²) in [6.45, 7) is 6.01. The van der Waals surface area contributed by atoms with Gasteiger partial charge in [-0.1, -0.05) is 26.0 Å². The fourth-order valence-electron chi connectivity index (χ4n) is 1.89. The van der Waals surface area contributed by atoms with E-state index in [0.29, 0.717) is 19.3 Å². The van der Waals surface area contributed by atoms with Crippen LogP contribution in [0.4, 0.5) is 0 Å². The zero-order valence-corrected chi connectivity index (χ0v) is 12.9. The lowest BCUT2D eigenvalue weighted by Gasteiger charge is -2.06. The van der Waals surface area contributed by atoms with E-state index in [1.165, 1.54) is 0 Å². The SMILES string of the molecule is COc1ccc(COCc2ccc(CNC(C)C)o2)cc1. The average molecular weight is 289 g/mol. The third kappa shape index (κ3) is 5.25. The number of benzene rings is 1. The summed E-state index contributed by atoms with van der Waals surface area (Å²) < 4.78 is 16.5. The van der Waals surface area contributed by atoms with Gasteiger partial charge >= 0.3 is 0 Å². The molecule has 21 heavy (non-hydrogen) atoms. The van der Waals surface area contributed by atoms with Crippen molar-refractivity contribution in [3.05, 3.63) is 53.5 Å². The molecule has 0 radical (unpaired) electrons. The predicted octanol–water partition coefficient (Wildman–Crippen LogP) is 3.50. The molecule has 1 N–H and O–H groups in total. The van der Waals surface area contributed by atoms with Crippen LogP contribution >= 0.6 is 0 Å². The van der Waals surface area contributed by atoms with Gasteiger partial charge in [0.1, 0.15) is 23.9 Å². The lowest BCUT2D eigenvalue weighted by Crippen LogP contribution is -2.21. The van der Waals surface area contributed by atoms with Gasteiger partial charge in [0.05, 0.1) is 20.3 Å². The van der Waals surface area contributed by atoms with Gasteiger partial charge in [0.2, 0.25) is 0 Å². The summed E-state index contributed by atoms with van der Waals surface area (Å²) in [5.41, 5.74) is 1.11. The topological polar surface area (TPSA) is 43.6 Å². The number of furan rings is 1. The fraction of sp³-hybridized carbons (Fsp3) is 0.412. The second kappa shape index (κ2) is 7.86. The van der Waals surface area contributed by atoms with Crippen LogP contribution in [0.25, 0.3) is 0 Å². The molecule has 0 fully saturated rings. The molecule has 2 rings (SSSR count). The normalized spacial score (nSPS) is 11.0. The van der Waals surface area contributed by atoms with Gasteiger partial charge in [-0.05, 0) is 29.8 Å². The lowest BCUT2D eigenvalue weighted by molar-refractivity contribution is 0.0919. The van der Waals surface area contributed by atoms with Gasteiger partial charge in [0.25, 0.3) is 0 Å². The number of methoxy groups -OCH3 is 1. The van der Waals surface area contributed by atoms with E-state index in [1.807, 2.05) is 36.4 Å². The van der Waals surface area contributed by atoms with Crippen LogP contribution in [0.15, 0.2) is 40.8 Å². The minimum Gasteiger partial charge on any atom is -0.497 e. The van der Waals surface area contributed by atoms with Crippen molar-refractivity contribution in [1.82, 2.24) is 5.32 Å². The van der Waals surface area contributed by atoms with Crippen molar-refractivity contribution in [3.8, 4) is 5.75 Å². The standard InChI is InChI=1S/C17H23NO3/c1-13(2)18-10-16-8-9-17(21-16)12-20-11-14-4-6-15(19-3)7-5-14/h4-9,13,18H,10-12H2,1-3H3. The van der Waals surface area contributed by atoms with Crippen LogP contribution in [0, 0.1) is 0 Å². The first-order chi connectivity index (χ1) is 10.2. The molecule has 0 saturated carbocycles. The molecule has 1 heterocycles. The van der Waals surface area contributed by atoms with Crippen LogP contribution in [0.2, 0.25) is 0 Å². The quantitative estimate of drug-likeness (QED) is 0.807. The summed E-state index contributed by atoms with van der Waals surface area (Å²) in [5.74, 6) is 2.64. The highest BCUT2D eigenvalue weighted by Crippen LogP contribution is 2.14. The summed E-state index contributed by atoms with van der Waals surface area (Å²) in [6, 6.07) is 12.3. The molecule has 114 valence electrons. The molecule has 0 aliphatic carbocycles. The minimum atomic E-state index is 0.449. The number of ether oxygens (including phenoxy) is 2. The molecule has 0 bridgehead atoms. The molecule has 0 aliphatic rings. The van der Waals surface area contributed by atoms with E-state index in [1.54, 1.807) is 7.11 Å². The highest BCUT2D eigenvalue weighted by Gasteiger charge is 2.03. The number of hydrogen-bond donors (Lipinski definition) is 1. The lowest BCUT2D eigenvalue weighted by atomic mass is 10.2. The van der Waals surface area contributed by atoms with Crippen LogP contribution < -0.4 is 10.1 Å². The van der Waals surface area contributed by atoms with Crippen molar-refractivity contribution in [2.75, 3.05) is 7.11 Å². The first-order valence-corrected chi connectivity index (χ1v) is 7.19. The molecule has 2 aromatic rings. The van der Waals surface area contributed by atoms with E-state index in [-0.39, 0.29) is 0 Å². The van der Waals surface area contributed by atoms with Gasteiger partial charge in [0.15, 0.2) is 0 Å². The van der Waals surface area contributed by atoms with Gasteiger partial charge < -0.3 is 19.2 Å². The molecular weight excluding hydrogens is 266 g/mol. The number of hydrogen-bond acceptors (Lipinski definition) is 4. The maximum atomic E-state index is 5.70. The van der Waals surface area contributed by atoms with Crippen LogP contribution in [0.1, 0.15) is 30.9 Å². The molecule has 0 saturated heterocycles. The van der Waals surface area contributed by atoms with Crippen molar-refractivity contribution < 1.29 is 13.9 Å². The van der Waals surface area contributed by atoms with E-state index in [9.17, 15) is 0 Å². The van der Waals surface area contributed by atoms with E-state index < -0.39 is 0 Å². The van der Waals surface area contributed by atoms with Crippen LogP contribution in [0.5, 0.6) is 5.75 Å². The maximum absolute atomic E-state index is 5.70. The first-order valence-electron chi connectivity index (χ1n) is 7.19. The van der Waals surface area contributed by atoms with Crippen LogP contribution in [-0.4, -0.2) is 13.2 Å². The summed E-state index contributed by atoms with van der Waals surface area (Å²) in [6.07, 6.45) is 0. The smallest absolute Gasteiger partial charge is 0.129 e. The van der Waals surface area contributed by atoms with Gasteiger partial charge in [-0.3, -0.25) is 0 Å². The predicted molar refractivity (Wildman–Crippen MR) is 82.2 cm³/mol.